The first-order valence-electron chi connectivity index (χ1n) is 5.60. The van der Waals surface area contributed by atoms with Crippen LogP contribution in [0.4, 0.5) is 0 Å². The van der Waals surface area contributed by atoms with E-state index in [9.17, 15) is 9.90 Å². The maximum Gasteiger partial charge on any atom is 0.326 e. The summed E-state index contributed by atoms with van der Waals surface area (Å²) in [6, 6.07) is 0. The van der Waals surface area contributed by atoms with Crippen molar-refractivity contribution in [1.82, 2.24) is 4.90 Å². The summed E-state index contributed by atoms with van der Waals surface area (Å²) in [4.78, 5) is 13.6. The summed E-state index contributed by atoms with van der Waals surface area (Å²) in [6.45, 7) is 6.52. The van der Waals surface area contributed by atoms with Crippen molar-refractivity contribution >= 4 is 5.97 Å². The molecule has 0 saturated carbocycles. The van der Waals surface area contributed by atoms with Crippen LogP contribution >= 0.6 is 0 Å². The van der Waals surface area contributed by atoms with Crippen molar-refractivity contribution in [2.24, 2.45) is 5.92 Å². The summed E-state index contributed by atoms with van der Waals surface area (Å²) < 4.78 is 10.4. The van der Waals surface area contributed by atoms with E-state index in [0.29, 0.717) is 26.3 Å². The van der Waals surface area contributed by atoms with E-state index < -0.39 is 11.5 Å². The number of hydrogen-bond donors (Lipinski definition) is 1. The lowest BCUT2D eigenvalue weighted by atomic mass is 9.85. The quantitative estimate of drug-likeness (QED) is 0.744. The number of aliphatic carboxylic acids is 1. The molecule has 0 aromatic rings. The molecule has 5 heteroatoms. The van der Waals surface area contributed by atoms with E-state index in [-0.39, 0.29) is 12.5 Å². The van der Waals surface area contributed by atoms with Gasteiger partial charge in [0.2, 0.25) is 0 Å². The van der Waals surface area contributed by atoms with Gasteiger partial charge in [-0.15, -0.1) is 0 Å². The Labute approximate surface area is 96.3 Å². The van der Waals surface area contributed by atoms with Crippen molar-refractivity contribution in [3.8, 4) is 0 Å². The maximum atomic E-state index is 11.6. The Morgan fingerprint density at radius 1 is 1.50 bits per heavy atom. The topological polar surface area (TPSA) is 59.0 Å². The molecule has 5 nitrogen and oxygen atoms in total. The molecule has 0 bridgehead atoms. The summed E-state index contributed by atoms with van der Waals surface area (Å²) >= 11 is 0. The SMILES string of the molecule is COCC(C(=O)O)(C(C)C)N1CCOCC1. The predicted octanol–water partition coefficient (Wildman–Crippen LogP) is 0.444. The lowest BCUT2D eigenvalue weighted by Gasteiger charge is -2.44. The number of morpholine rings is 1. The van der Waals surface area contributed by atoms with Crippen molar-refractivity contribution < 1.29 is 19.4 Å². The summed E-state index contributed by atoms with van der Waals surface area (Å²) in [5.41, 5.74) is -0.932. The van der Waals surface area contributed by atoms with Crippen LogP contribution in [0, 0.1) is 5.92 Å². The number of carboxylic acid groups (broad SMARTS) is 1. The average molecular weight is 231 g/mol. The van der Waals surface area contributed by atoms with Gasteiger partial charge >= 0.3 is 5.97 Å². The smallest absolute Gasteiger partial charge is 0.326 e. The highest BCUT2D eigenvalue weighted by atomic mass is 16.5. The number of carboxylic acids is 1. The van der Waals surface area contributed by atoms with Gasteiger partial charge in [-0.1, -0.05) is 13.8 Å². The molecule has 16 heavy (non-hydrogen) atoms. The van der Waals surface area contributed by atoms with Gasteiger partial charge in [0.25, 0.3) is 0 Å². The normalized spacial score (nSPS) is 22.0. The number of nitrogens with zero attached hydrogens (tertiary/aromatic N) is 1. The summed E-state index contributed by atoms with van der Waals surface area (Å²) in [5, 5.41) is 9.52. The minimum Gasteiger partial charge on any atom is -0.480 e. The van der Waals surface area contributed by atoms with E-state index in [4.69, 9.17) is 9.47 Å². The van der Waals surface area contributed by atoms with Crippen LogP contribution in [0.1, 0.15) is 13.8 Å². The van der Waals surface area contributed by atoms with Gasteiger partial charge in [0, 0.05) is 20.2 Å². The van der Waals surface area contributed by atoms with E-state index in [1.54, 1.807) is 7.11 Å². The van der Waals surface area contributed by atoms with E-state index in [1.165, 1.54) is 0 Å². The third-order valence-corrected chi connectivity index (χ3v) is 3.27. The van der Waals surface area contributed by atoms with Gasteiger partial charge < -0.3 is 14.6 Å². The van der Waals surface area contributed by atoms with Crippen LogP contribution in [0.5, 0.6) is 0 Å². The average Bonchev–Trinajstić information content (AvgIpc) is 2.26. The van der Waals surface area contributed by atoms with Gasteiger partial charge in [0.05, 0.1) is 19.8 Å². The van der Waals surface area contributed by atoms with Crippen molar-refractivity contribution in [3.63, 3.8) is 0 Å². The number of methoxy groups -OCH3 is 1. The molecule has 0 aromatic carbocycles. The Kier molecular flexibility index (Phi) is 4.70. The van der Waals surface area contributed by atoms with Gasteiger partial charge in [-0.25, -0.2) is 0 Å². The molecule has 1 atom stereocenters. The molecule has 1 fully saturated rings. The molecule has 0 spiro atoms. The molecule has 1 aliphatic heterocycles. The molecule has 1 unspecified atom stereocenters. The fourth-order valence-electron chi connectivity index (χ4n) is 2.25. The number of hydrogen-bond acceptors (Lipinski definition) is 4. The fraction of sp³-hybridized carbons (Fsp3) is 0.909. The van der Waals surface area contributed by atoms with Gasteiger partial charge in [-0.05, 0) is 5.92 Å². The third kappa shape index (κ3) is 2.36. The van der Waals surface area contributed by atoms with Crippen LogP contribution < -0.4 is 0 Å². The Balaban J connectivity index is 2.93. The van der Waals surface area contributed by atoms with Crippen LogP contribution in [0.25, 0.3) is 0 Å². The first-order valence-corrected chi connectivity index (χ1v) is 5.60. The molecule has 0 aliphatic carbocycles. The van der Waals surface area contributed by atoms with Crippen molar-refractivity contribution in [1.29, 1.82) is 0 Å². The second-order valence-corrected chi connectivity index (χ2v) is 4.42. The lowest BCUT2D eigenvalue weighted by Crippen LogP contribution is -2.63. The number of carbonyl (C=O) groups is 1. The van der Waals surface area contributed by atoms with Gasteiger partial charge in [-0.2, -0.15) is 0 Å². The Bertz CT molecular complexity index is 238. The standard InChI is InChI=1S/C11H21NO4/c1-9(2)11(8-15-3,10(13)14)12-4-6-16-7-5-12/h9H,4-8H2,1-3H3,(H,13,14). The van der Waals surface area contributed by atoms with Crippen molar-refractivity contribution in [3.05, 3.63) is 0 Å². The highest BCUT2D eigenvalue weighted by molar-refractivity contribution is 5.79. The molecule has 0 radical (unpaired) electrons. The Morgan fingerprint density at radius 2 is 2.06 bits per heavy atom. The summed E-state index contributed by atoms with van der Waals surface area (Å²) in [5.74, 6) is -0.825. The summed E-state index contributed by atoms with van der Waals surface area (Å²) in [7, 11) is 1.54. The molecule has 1 N–H and O–H groups in total. The molecule has 1 rings (SSSR count). The molecule has 0 aromatic heterocycles. The zero-order valence-electron chi connectivity index (χ0n) is 10.2. The van der Waals surface area contributed by atoms with E-state index in [1.807, 2.05) is 18.7 Å². The Morgan fingerprint density at radius 3 is 2.44 bits per heavy atom. The Hall–Kier alpha value is -0.650. The zero-order valence-corrected chi connectivity index (χ0v) is 10.2. The number of ether oxygens (including phenoxy) is 2. The summed E-state index contributed by atoms with van der Waals surface area (Å²) in [6.07, 6.45) is 0. The van der Waals surface area contributed by atoms with Crippen LogP contribution in [-0.2, 0) is 14.3 Å². The maximum absolute atomic E-state index is 11.6. The largest absolute Gasteiger partial charge is 0.480 e. The molecular formula is C11H21NO4. The molecule has 1 aliphatic rings. The molecule has 94 valence electrons. The molecule has 1 heterocycles. The van der Waals surface area contributed by atoms with E-state index in [2.05, 4.69) is 0 Å². The second kappa shape index (κ2) is 5.61. The second-order valence-electron chi connectivity index (χ2n) is 4.42. The molecule has 1 saturated heterocycles. The molecule has 0 amide bonds. The minimum absolute atomic E-state index is 0.0111. The molecular weight excluding hydrogens is 210 g/mol. The van der Waals surface area contributed by atoms with Crippen LogP contribution in [0.2, 0.25) is 0 Å². The first-order chi connectivity index (χ1) is 7.55. The van der Waals surface area contributed by atoms with Gasteiger partial charge in [0.15, 0.2) is 0 Å². The fourth-order valence-corrected chi connectivity index (χ4v) is 2.25. The van der Waals surface area contributed by atoms with Crippen molar-refractivity contribution in [2.45, 2.75) is 19.4 Å². The predicted molar refractivity (Wildman–Crippen MR) is 59.5 cm³/mol. The van der Waals surface area contributed by atoms with Crippen LogP contribution in [0.3, 0.4) is 0 Å². The number of rotatable bonds is 5. The minimum atomic E-state index is -0.932. The highest BCUT2D eigenvalue weighted by Crippen LogP contribution is 2.27. The van der Waals surface area contributed by atoms with Crippen LogP contribution in [-0.4, -0.2) is 61.5 Å². The zero-order chi connectivity index (χ0) is 12.2. The third-order valence-electron chi connectivity index (χ3n) is 3.27. The van der Waals surface area contributed by atoms with Crippen LogP contribution in [0.15, 0.2) is 0 Å². The monoisotopic (exact) mass is 231 g/mol. The lowest BCUT2D eigenvalue weighted by molar-refractivity contribution is -0.165. The van der Waals surface area contributed by atoms with E-state index in [0.717, 1.165) is 0 Å². The van der Waals surface area contributed by atoms with Crippen molar-refractivity contribution in [2.75, 3.05) is 40.0 Å². The first kappa shape index (κ1) is 13.4. The highest BCUT2D eigenvalue weighted by Gasteiger charge is 2.47. The van der Waals surface area contributed by atoms with Gasteiger partial charge in [0.1, 0.15) is 5.54 Å². The van der Waals surface area contributed by atoms with E-state index >= 15 is 0 Å². The van der Waals surface area contributed by atoms with Gasteiger partial charge in [-0.3, -0.25) is 9.69 Å².